The normalized spacial score (nSPS) is 10.7. The molecular formula is C19H20N4O3S2. The largest absolute Gasteiger partial charge is 0.465 e. The van der Waals surface area contributed by atoms with Crippen molar-refractivity contribution in [1.29, 1.82) is 0 Å². The van der Waals surface area contributed by atoms with Crippen molar-refractivity contribution in [2.45, 2.75) is 25.9 Å². The maximum Gasteiger partial charge on any atom is 0.341 e. The number of carbonyl (C=O) groups excluding carboxylic acids is 2. The minimum Gasteiger partial charge on any atom is -0.465 e. The van der Waals surface area contributed by atoms with Gasteiger partial charge in [0.05, 0.1) is 18.4 Å². The molecule has 0 radical (unpaired) electrons. The first-order valence-electron chi connectivity index (χ1n) is 8.49. The highest BCUT2D eigenvalue weighted by atomic mass is 32.2. The number of methoxy groups -OCH3 is 1. The van der Waals surface area contributed by atoms with Crippen LogP contribution in [0.2, 0.25) is 0 Å². The molecule has 1 amide bonds. The zero-order valence-electron chi connectivity index (χ0n) is 16.0. The molecule has 0 saturated carbocycles. The van der Waals surface area contributed by atoms with Crippen molar-refractivity contribution >= 4 is 40.0 Å². The standard InChI is InChI=1S/C19H20N4O3S2/c1-10-5-7-13(8-6-10)16-21-19(23-22-16)27-9-14(24)20-17-15(18(25)26-4)11(2)12(3)28-17/h5-8H,9H2,1-4H3,(H,20,24)(H,21,22,23). The van der Waals surface area contributed by atoms with Crippen molar-refractivity contribution in [3.8, 4) is 11.4 Å². The summed E-state index contributed by atoms with van der Waals surface area (Å²) in [6.07, 6.45) is 0. The SMILES string of the molecule is COC(=O)c1c(NC(=O)CSc2n[nH]c(-c3ccc(C)cc3)n2)sc(C)c1C. The fraction of sp³-hybridized carbons (Fsp3) is 0.263. The predicted molar refractivity (Wildman–Crippen MR) is 111 cm³/mol. The van der Waals surface area contributed by atoms with E-state index in [2.05, 4.69) is 20.5 Å². The van der Waals surface area contributed by atoms with Gasteiger partial charge in [-0.3, -0.25) is 9.89 Å². The van der Waals surface area contributed by atoms with Crippen molar-refractivity contribution in [3.05, 3.63) is 45.8 Å². The summed E-state index contributed by atoms with van der Waals surface area (Å²) in [5.74, 6) is 0.0851. The fourth-order valence-corrected chi connectivity index (χ4v) is 4.17. The van der Waals surface area contributed by atoms with Gasteiger partial charge in [0.1, 0.15) is 5.00 Å². The minimum absolute atomic E-state index is 0.127. The Labute approximate surface area is 170 Å². The van der Waals surface area contributed by atoms with E-state index < -0.39 is 5.97 Å². The van der Waals surface area contributed by atoms with E-state index in [1.165, 1.54) is 35.8 Å². The third-order valence-electron chi connectivity index (χ3n) is 4.15. The number of benzene rings is 1. The van der Waals surface area contributed by atoms with Crippen LogP contribution < -0.4 is 5.32 Å². The fourth-order valence-electron chi connectivity index (χ4n) is 2.51. The third-order valence-corrected chi connectivity index (χ3v) is 6.12. The van der Waals surface area contributed by atoms with Crippen LogP contribution in [0.1, 0.15) is 26.4 Å². The molecule has 2 heterocycles. The number of nitrogens with zero attached hydrogens (tertiary/aromatic N) is 2. The number of thiophene rings is 1. The maximum absolute atomic E-state index is 12.3. The number of thioether (sulfide) groups is 1. The number of carbonyl (C=O) groups is 2. The molecule has 0 aliphatic rings. The average Bonchev–Trinajstić information content (AvgIpc) is 3.25. The quantitative estimate of drug-likeness (QED) is 0.466. The number of ether oxygens (including phenoxy) is 1. The molecule has 0 spiro atoms. The highest BCUT2D eigenvalue weighted by Crippen LogP contribution is 2.33. The molecule has 2 aromatic heterocycles. The van der Waals surface area contributed by atoms with E-state index in [1.54, 1.807) is 0 Å². The van der Waals surface area contributed by atoms with Gasteiger partial charge in [0.2, 0.25) is 11.1 Å². The van der Waals surface area contributed by atoms with Crippen LogP contribution in [0.25, 0.3) is 11.4 Å². The molecule has 3 aromatic rings. The summed E-state index contributed by atoms with van der Waals surface area (Å²) in [5.41, 5.74) is 3.32. The zero-order valence-corrected chi connectivity index (χ0v) is 17.6. The van der Waals surface area contributed by atoms with Gasteiger partial charge in [-0.05, 0) is 26.3 Å². The van der Waals surface area contributed by atoms with Crippen molar-refractivity contribution in [3.63, 3.8) is 0 Å². The van der Waals surface area contributed by atoms with E-state index in [1.807, 2.05) is 45.0 Å². The molecule has 0 aliphatic heterocycles. The first-order chi connectivity index (χ1) is 13.4. The molecule has 2 N–H and O–H groups in total. The van der Waals surface area contributed by atoms with Gasteiger partial charge >= 0.3 is 5.97 Å². The Hall–Kier alpha value is -2.65. The molecule has 7 nitrogen and oxygen atoms in total. The van der Waals surface area contributed by atoms with Crippen LogP contribution in [0, 0.1) is 20.8 Å². The Kier molecular flexibility index (Phi) is 6.15. The number of aryl methyl sites for hydroxylation is 2. The monoisotopic (exact) mass is 416 g/mol. The predicted octanol–water partition coefficient (Wildman–Crippen LogP) is 3.98. The molecule has 0 aliphatic carbocycles. The van der Waals surface area contributed by atoms with Crippen molar-refractivity contribution in [2.24, 2.45) is 0 Å². The minimum atomic E-state index is -0.457. The van der Waals surface area contributed by atoms with Crippen LogP contribution in [0.4, 0.5) is 5.00 Å². The highest BCUT2D eigenvalue weighted by Gasteiger charge is 2.21. The third kappa shape index (κ3) is 4.42. The summed E-state index contributed by atoms with van der Waals surface area (Å²) in [5, 5.41) is 10.8. The second kappa shape index (κ2) is 8.57. The second-order valence-electron chi connectivity index (χ2n) is 6.15. The summed E-state index contributed by atoms with van der Waals surface area (Å²) >= 11 is 2.58. The second-order valence-corrected chi connectivity index (χ2v) is 8.32. The molecule has 3 rings (SSSR count). The lowest BCUT2D eigenvalue weighted by atomic mass is 10.1. The number of esters is 1. The summed E-state index contributed by atoms with van der Waals surface area (Å²) in [7, 11) is 1.32. The molecule has 0 saturated heterocycles. The van der Waals surface area contributed by atoms with Gasteiger partial charge in [-0.2, -0.15) is 0 Å². The van der Waals surface area contributed by atoms with Gasteiger partial charge in [0, 0.05) is 10.4 Å². The smallest absolute Gasteiger partial charge is 0.341 e. The molecule has 0 bridgehead atoms. The number of nitrogens with one attached hydrogen (secondary N) is 2. The van der Waals surface area contributed by atoms with Gasteiger partial charge < -0.3 is 10.1 Å². The van der Waals surface area contributed by atoms with Gasteiger partial charge in [-0.1, -0.05) is 41.6 Å². The first kappa shape index (κ1) is 20.1. The molecule has 9 heteroatoms. The van der Waals surface area contributed by atoms with Crippen LogP contribution in [0.5, 0.6) is 0 Å². The van der Waals surface area contributed by atoms with Crippen LogP contribution in [0.3, 0.4) is 0 Å². The first-order valence-corrected chi connectivity index (χ1v) is 10.3. The van der Waals surface area contributed by atoms with Gasteiger partial charge in [0.25, 0.3) is 0 Å². The van der Waals surface area contributed by atoms with E-state index >= 15 is 0 Å². The Morgan fingerprint density at radius 3 is 2.61 bits per heavy atom. The Morgan fingerprint density at radius 1 is 1.21 bits per heavy atom. The number of hydrogen-bond acceptors (Lipinski definition) is 7. The van der Waals surface area contributed by atoms with E-state index in [0.29, 0.717) is 21.5 Å². The van der Waals surface area contributed by atoms with E-state index in [9.17, 15) is 9.59 Å². The molecule has 0 fully saturated rings. The van der Waals surface area contributed by atoms with E-state index in [0.717, 1.165) is 16.0 Å². The van der Waals surface area contributed by atoms with Crippen molar-refractivity contribution in [1.82, 2.24) is 15.2 Å². The zero-order chi connectivity index (χ0) is 20.3. The molecule has 146 valence electrons. The van der Waals surface area contributed by atoms with E-state index in [4.69, 9.17) is 4.74 Å². The number of amides is 1. The lowest BCUT2D eigenvalue weighted by Crippen LogP contribution is -2.16. The lowest BCUT2D eigenvalue weighted by molar-refractivity contribution is -0.113. The van der Waals surface area contributed by atoms with Crippen LogP contribution in [-0.2, 0) is 9.53 Å². The molecule has 0 unspecified atom stereocenters. The molecule has 1 aromatic carbocycles. The number of rotatable bonds is 6. The summed E-state index contributed by atoms with van der Waals surface area (Å²) < 4.78 is 4.82. The number of aromatic nitrogens is 3. The average molecular weight is 417 g/mol. The number of aromatic amines is 1. The Bertz CT molecular complexity index is 1010. The van der Waals surface area contributed by atoms with Gasteiger partial charge in [-0.25, -0.2) is 9.78 Å². The lowest BCUT2D eigenvalue weighted by Gasteiger charge is -2.05. The Morgan fingerprint density at radius 2 is 1.93 bits per heavy atom. The van der Waals surface area contributed by atoms with Crippen LogP contribution in [-0.4, -0.2) is 39.9 Å². The molecule has 0 atom stereocenters. The van der Waals surface area contributed by atoms with E-state index in [-0.39, 0.29) is 11.7 Å². The van der Waals surface area contributed by atoms with Crippen molar-refractivity contribution in [2.75, 3.05) is 18.2 Å². The molecule has 28 heavy (non-hydrogen) atoms. The van der Waals surface area contributed by atoms with Crippen LogP contribution in [0.15, 0.2) is 29.4 Å². The summed E-state index contributed by atoms with van der Waals surface area (Å²) in [6.45, 7) is 5.76. The number of H-pyrrole nitrogens is 1. The number of hydrogen-bond donors (Lipinski definition) is 2. The van der Waals surface area contributed by atoms with Gasteiger partial charge in [-0.15, -0.1) is 16.4 Å². The van der Waals surface area contributed by atoms with Gasteiger partial charge in [0.15, 0.2) is 5.82 Å². The van der Waals surface area contributed by atoms with Crippen LogP contribution >= 0.6 is 23.1 Å². The Balaban J connectivity index is 1.63. The molecular weight excluding hydrogens is 396 g/mol. The van der Waals surface area contributed by atoms with Crippen molar-refractivity contribution < 1.29 is 14.3 Å². The maximum atomic E-state index is 12.3. The number of anilines is 1. The summed E-state index contributed by atoms with van der Waals surface area (Å²) in [4.78, 5) is 29.7. The topological polar surface area (TPSA) is 97.0 Å². The summed E-state index contributed by atoms with van der Waals surface area (Å²) in [6, 6.07) is 7.93. The highest BCUT2D eigenvalue weighted by molar-refractivity contribution is 7.99.